The number of hydrogen-bond donors (Lipinski definition) is 1. The van der Waals surface area contributed by atoms with Crippen LogP contribution in [0, 0.1) is 0 Å². The van der Waals surface area contributed by atoms with E-state index in [0.717, 1.165) is 30.8 Å². The van der Waals surface area contributed by atoms with Gasteiger partial charge < -0.3 is 5.32 Å². The largest absolute Gasteiger partial charge is 0.352 e. The van der Waals surface area contributed by atoms with Crippen molar-refractivity contribution in [3.8, 4) is 5.69 Å². The number of nitrogens with one attached hydrogen (secondary N) is 1. The fourth-order valence-electron chi connectivity index (χ4n) is 2.15. The van der Waals surface area contributed by atoms with Crippen LogP contribution in [0.25, 0.3) is 5.69 Å². The molecule has 1 N–H and O–H groups in total. The smallest absolute Gasteiger partial charge is 0.254 e. The Morgan fingerprint density at radius 2 is 2.06 bits per heavy atom. The molecule has 1 aliphatic rings. The molecular formula is C13H13N3O. The van der Waals surface area contributed by atoms with Crippen molar-refractivity contribution in [2.45, 2.75) is 12.8 Å². The Kier molecular flexibility index (Phi) is 2.40. The Labute approximate surface area is 99.3 Å². The molecule has 0 spiro atoms. The lowest BCUT2D eigenvalue weighted by Gasteiger charge is -2.06. The molecule has 0 fully saturated rings. The van der Waals surface area contributed by atoms with Crippen molar-refractivity contribution in [1.29, 1.82) is 0 Å². The van der Waals surface area contributed by atoms with E-state index in [0.29, 0.717) is 5.56 Å². The van der Waals surface area contributed by atoms with Crippen molar-refractivity contribution in [1.82, 2.24) is 15.1 Å². The summed E-state index contributed by atoms with van der Waals surface area (Å²) in [5.74, 6) is -0.0142. The molecule has 0 saturated heterocycles. The van der Waals surface area contributed by atoms with Gasteiger partial charge in [-0.3, -0.25) is 4.79 Å². The molecule has 3 rings (SSSR count). The van der Waals surface area contributed by atoms with Crippen molar-refractivity contribution < 1.29 is 4.79 Å². The Hall–Kier alpha value is -2.10. The van der Waals surface area contributed by atoms with E-state index in [1.807, 2.05) is 35.0 Å². The predicted molar refractivity (Wildman–Crippen MR) is 64.2 cm³/mol. The fourth-order valence-corrected chi connectivity index (χ4v) is 2.15. The molecule has 0 bridgehead atoms. The molecule has 1 aromatic heterocycles. The molecule has 2 heterocycles. The summed E-state index contributed by atoms with van der Waals surface area (Å²) < 4.78 is 1.86. The molecule has 17 heavy (non-hydrogen) atoms. The first-order valence-corrected chi connectivity index (χ1v) is 5.77. The molecule has 1 amide bonds. The van der Waals surface area contributed by atoms with Gasteiger partial charge in [0.1, 0.15) is 0 Å². The van der Waals surface area contributed by atoms with E-state index in [2.05, 4.69) is 10.4 Å². The maximum absolute atomic E-state index is 11.8. The number of rotatable bonds is 1. The van der Waals surface area contributed by atoms with Gasteiger partial charge in [-0.2, -0.15) is 5.10 Å². The number of para-hydroxylation sites is 1. The van der Waals surface area contributed by atoms with Gasteiger partial charge in [-0.05, 0) is 25.0 Å². The molecule has 0 radical (unpaired) electrons. The number of carbonyl (C=O) groups excluding carboxylic acids is 1. The zero-order valence-electron chi connectivity index (χ0n) is 9.39. The predicted octanol–water partition coefficient (Wildman–Crippen LogP) is 1.55. The van der Waals surface area contributed by atoms with Crippen LogP contribution in [0.5, 0.6) is 0 Å². The Morgan fingerprint density at radius 3 is 2.88 bits per heavy atom. The van der Waals surface area contributed by atoms with Gasteiger partial charge >= 0.3 is 0 Å². The van der Waals surface area contributed by atoms with Crippen molar-refractivity contribution in [2.24, 2.45) is 0 Å². The molecule has 4 heteroatoms. The molecule has 0 saturated carbocycles. The van der Waals surface area contributed by atoms with Gasteiger partial charge in [-0.1, -0.05) is 18.2 Å². The lowest BCUT2D eigenvalue weighted by atomic mass is 10.1. The maximum Gasteiger partial charge on any atom is 0.254 e. The molecule has 4 nitrogen and oxygen atoms in total. The van der Waals surface area contributed by atoms with E-state index >= 15 is 0 Å². The second-order valence-corrected chi connectivity index (χ2v) is 4.11. The minimum absolute atomic E-state index is 0.0142. The lowest BCUT2D eigenvalue weighted by molar-refractivity contribution is 0.0956. The molecule has 86 valence electrons. The van der Waals surface area contributed by atoms with E-state index < -0.39 is 0 Å². The first kappa shape index (κ1) is 10.1. The second-order valence-electron chi connectivity index (χ2n) is 4.11. The molecular weight excluding hydrogens is 214 g/mol. The number of carbonyl (C=O) groups is 1. The summed E-state index contributed by atoms with van der Waals surface area (Å²) in [6.07, 6.45) is 3.49. The van der Waals surface area contributed by atoms with E-state index in [1.165, 1.54) is 0 Å². The number of aromatic nitrogens is 2. The maximum atomic E-state index is 11.8. The van der Waals surface area contributed by atoms with Crippen molar-refractivity contribution in [3.05, 3.63) is 47.8 Å². The van der Waals surface area contributed by atoms with Crippen LogP contribution in [0.15, 0.2) is 36.5 Å². The van der Waals surface area contributed by atoms with Gasteiger partial charge in [0, 0.05) is 6.54 Å². The Bertz CT molecular complexity index is 545. The number of fused-ring (bicyclic) bond motifs is 1. The second kappa shape index (κ2) is 4.05. The summed E-state index contributed by atoms with van der Waals surface area (Å²) in [6, 6.07) is 9.91. The SMILES string of the molecule is O=C1NCCCc2c1cnn2-c1ccccc1. The lowest BCUT2D eigenvalue weighted by Crippen LogP contribution is -2.22. The number of hydrogen-bond acceptors (Lipinski definition) is 2. The standard InChI is InChI=1S/C13H13N3O/c17-13-11-9-15-16(10-5-2-1-3-6-10)12(11)7-4-8-14-13/h1-3,5-6,9H,4,7-8H2,(H,14,17). The minimum Gasteiger partial charge on any atom is -0.352 e. The van der Waals surface area contributed by atoms with E-state index in [9.17, 15) is 4.79 Å². The van der Waals surface area contributed by atoms with Crippen LogP contribution in [0.4, 0.5) is 0 Å². The first-order chi connectivity index (χ1) is 8.36. The molecule has 0 aliphatic carbocycles. The third-order valence-corrected chi connectivity index (χ3v) is 2.99. The first-order valence-electron chi connectivity index (χ1n) is 5.77. The fraction of sp³-hybridized carbons (Fsp3) is 0.231. The molecule has 1 aliphatic heterocycles. The highest BCUT2D eigenvalue weighted by atomic mass is 16.1. The van der Waals surface area contributed by atoms with Crippen LogP contribution in [-0.2, 0) is 6.42 Å². The van der Waals surface area contributed by atoms with Crippen LogP contribution in [0.1, 0.15) is 22.5 Å². The van der Waals surface area contributed by atoms with Gasteiger partial charge in [-0.25, -0.2) is 4.68 Å². The van der Waals surface area contributed by atoms with E-state index in [-0.39, 0.29) is 5.91 Å². The Balaban J connectivity index is 2.11. The highest BCUT2D eigenvalue weighted by molar-refractivity contribution is 5.95. The summed E-state index contributed by atoms with van der Waals surface area (Å²) in [4.78, 5) is 11.8. The summed E-state index contributed by atoms with van der Waals surface area (Å²) in [6.45, 7) is 0.738. The molecule has 0 unspecified atom stereocenters. The van der Waals surface area contributed by atoms with Crippen LogP contribution >= 0.6 is 0 Å². The van der Waals surface area contributed by atoms with Crippen molar-refractivity contribution >= 4 is 5.91 Å². The minimum atomic E-state index is -0.0142. The summed E-state index contributed by atoms with van der Waals surface area (Å²) in [5, 5.41) is 7.19. The zero-order valence-corrected chi connectivity index (χ0v) is 9.39. The van der Waals surface area contributed by atoms with Gasteiger partial charge in [0.25, 0.3) is 5.91 Å². The van der Waals surface area contributed by atoms with Gasteiger partial charge in [-0.15, -0.1) is 0 Å². The van der Waals surface area contributed by atoms with E-state index in [4.69, 9.17) is 0 Å². The summed E-state index contributed by atoms with van der Waals surface area (Å²) >= 11 is 0. The average Bonchev–Trinajstić information content (AvgIpc) is 2.71. The highest BCUT2D eigenvalue weighted by Gasteiger charge is 2.20. The zero-order chi connectivity index (χ0) is 11.7. The molecule has 2 aromatic rings. The number of amides is 1. The van der Waals surface area contributed by atoms with Crippen LogP contribution in [-0.4, -0.2) is 22.2 Å². The summed E-state index contributed by atoms with van der Waals surface area (Å²) in [5.41, 5.74) is 2.71. The highest BCUT2D eigenvalue weighted by Crippen LogP contribution is 2.18. The molecule has 0 atom stereocenters. The average molecular weight is 227 g/mol. The Morgan fingerprint density at radius 1 is 1.24 bits per heavy atom. The monoisotopic (exact) mass is 227 g/mol. The number of benzene rings is 1. The van der Waals surface area contributed by atoms with Crippen LogP contribution in [0.3, 0.4) is 0 Å². The number of nitrogens with zero attached hydrogens (tertiary/aromatic N) is 2. The normalized spacial score (nSPS) is 14.9. The van der Waals surface area contributed by atoms with Gasteiger partial charge in [0.2, 0.25) is 0 Å². The quantitative estimate of drug-likeness (QED) is 0.803. The van der Waals surface area contributed by atoms with Gasteiger partial charge in [0.05, 0.1) is 23.1 Å². The van der Waals surface area contributed by atoms with Crippen molar-refractivity contribution in [3.63, 3.8) is 0 Å². The third-order valence-electron chi connectivity index (χ3n) is 2.99. The van der Waals surface area contributed by atoms with Crippen LogP contribution in [0.2, 0.25) is 0 Å². The van der Waals surface area contributed by atoms with Crippen LogP contribution < -0.4 is 5.32 Å². The van der Waals surface area contributed by atoms with Crippen molar-refractivity contribution in [2.75, 3.05) is 6.54 Å². The van der Waals surface area contributed by atoms with Gasteiger partial charge in [0.15, 0.2) is 0 Å². The van der Waals surface area contributed by atoms with E-state index in [1.54, 1.807) is 6.20 Å². The molecule has 1 aromatic carbocycles. The third kappa shape index (κ3) is 1.71. The topological polar surface area (TPSA) is 46.9 Å². The summed E-state index contributed by atoms with van der Waals surface area (Å²) in [7, 11) is 0.